The number of benzene rings is 1. The zero-order valence-electron chi connectivity index (χ0n) is 13.1. The molecule has 0 aliphatic rings. The summed E-state index contributed by atoms with van der Waals surface area (Å²) in [7, 11) is 0. The van der Waals surface area contributed by atoms with Gasteiger partial charge < -0.3 is 19.9 Å². The molecule has 0 saturated carbocycles. The Morgan fingerprint density at radius 3 is 2.71 bits per heavy atom. The molecule has 1 aromatic carbocycles. The van der Waals surface area contributed by atoms with Crippen LogP contribution in [0.25, 0.3) is 0 Å². The van der Waals surface area contributed by atoms with Crippen molar-refractivity contribution < 1.29 is 14.6 Å². The molecule has 1 atom stereocenters. The SMILES string of the molecule is Cc1ccc(OCC(O)CNCCOCC(C)C)c(Br)c1. The molecule has 1 rings (SSSR count). The molecule has 0 amide bonds. The van der Waals surface area contributed by atoms with E-state index >= 15 is 0 Å². The lowest BCUT2D eigenvalue weighted by molar-refractivity contribution is 0.0922. The van der Waals surface area contributed by atoms with E-state index in [4.69, 9.17) is 9.47 Å². The fraction of sp³-hybridized carbons (Fsp3) is 0.625. The number of ether oxygens (including phenoxy) is 2. The van der Waals surface area contributed by atoms with Crippen LogP contribution in [0.15, 0.2) is 22.7 Å². The van der Waals surface area contributed by atoms with Crippen molar-refractivity contribution in [2.45, 2.75) is 26.9 Å². The predicted molar refractivity (Wildman–Crippen MR) is 88.9 cm³/mol. The van der Waals surface area contributed by atoms with E-state index in [0.717, 1.165) is 28.9 Å². The molecule has 0 bridgehead atoms. The minimum Gasteiger partial charge on any atom is -0.490 e. The third-order valence-electron chi connectivity index (χ3n) is 2.77. The topological polar surface area (TPSA) is 50.7 Å². The average Bonchev–Trinajstić information content (AvgIpc) is 2.41. The number of nitrogens with one attached hydrogen (secondary N) is 1. The van der Waals surface area contributed by atoms with Gasteiger partial charge in [0.05, 0.1) is 11.1 Å². The quantitative estimate of drug-likeness (QED) is 0.630. The van der Waals surface area contributed by atoms with Crippen molar-refractivity contribution in [1.29, 1.82) is 0 Å². The van der Waals surface area contributed by atoms with Gasteiger partial charge in [-0.25, -0.2) is 0 Å². The highest BCUT2D eigenvalue weighted by Gasteiger charge is 2.07. The Labute approximate surface area is 136 Å². The van der Waals surface area contributed by atoms with Gasteiger partial charge in [0.1, 0.15) is 18.5 Å². The number of rotatable bonds is 10. The van der Waals surface area contributed by atoms with Gasteiger partial charge in [-0.2, -0.15) is 0 Å². The van der Waals surface area contributed by atoms with E-state index in [1.54, 1.807) is 0 Å². The van der Waals surface area contributed by atoms with Crippen molar-refractivity contribution in [3.63, 3.8) is 0 Å². The van der Waals surface area contributed by atoms with E-state index in [0.29, 0.717) is 19.1 Å². The molecule has 0 heterocycles. The molecular weight excluding hydrogens is 334 g/mol. The molecule has 0 saturated heterocycles. The smallest absolute Gasteiger partial charge is 0.133 e. The number of hydrogen-bond donors (Lipinski definition) is 2. The summed E-state index contributed by atoms with van der Waals surface area (Å²) in [6.07, 6.45) is -0.539. The Hall–Kier alpha value is -0.620. The van der Waals surface area contributed by atoms with Crippen molar-refractivity contribution in [2.75, 3.05) is 32.9 Å². The third kappa shape index (κ3) is 8.41. The molecule has 21 heavy (non-hydrogen) atoms. The Kier molecular flexibility index (Phi) is 8.92. The van der Waals surface area contributed by atoms with Crippen LogP contribution in [-0.4, -0.2) is 44.1 Å². The summed E-state index contributed by atoms with van der Waals surface area (Å²) in [4.78, 5) is 0. The first kappa shape index (κ1) is 18.4. The normalized spacial score (nSPS) is 12.7. The van der Waals surface area contributed by atoms with E-state index in [1.807, 2.05) is 25.1 Å². The Morgan fingerprint density at radius 1 is 1.29 bits per heavy atom. The monoisotopic (exact) mass is 359 g/mol. The molecule has 0 fully saturated rings. The van der Waals surface area contributed by atoms with Crippen LogP contribution < -0.4 is 10.1 Å². The molecular formula is C16H26BrNO3. The predicted octanol–water partition coefficient (Wildman–Crippen LogP) is 2.76. The first-order chi connectivity index (χ1) is 9.99. The van der Waals surface area contributed by atoms with Gasteiger partial charge in [-0.05, 0) is 46.5 Å². The van der Waals surface area contributed by atoms with Gasteiger partial charge >= 0.3 is 0 Å². The highest BCUT2D eigenvalue weighted by molar-refractivity contribution is 9.10. The Morgan fingerprint density at radius 2 is 2.05 bits per heavy atom. The molecule has 1 unspecified atom stereocenters. The molecule has 0 radical (unpaired) electrons. The summed E-state index contributed by atoms with van der Waals surface area (Å²) in [6, 6.07) is 5.88. The summed E-state index contributed by atoms with van der Waals surface area (Å²) in [5, 5.41) is 13.0. The van der Waals surface area contributed by atoms with Crippen LogP contribution in [0.5, 0.6) is 5.75 Å². The molecule has 0 spiro atoms. The van der Waals surface area contributed by atoms with Crippen LogP contribution in [0.4, 0.5) is 0 Å². The maximum atomic E-state index is 9.86. The molecule has 1 aromatic rings. The average molecular weight is 360 g/mol. The minimum atomic E-state index is -0.539. The molecule has 2 N–H and O–H groups in total. The van der Waals surface area contributed by atoms with Crippen LogP contribution in [-0.2, 0) is 4.74 Å². The van der Waals surface area contributed by atoms with E-state index in [1.165, 1.54) is 0 Å². The highest BCUT2D eigenvalue weighted by Crippen LogP contribution is 2.25. The summed E-state index contributed by atoms with van der Waals surface area (Å²) in [5.41, 5.74) is 1.16. The Balaban J connectivity index is 2.12. The van der Waals surface area contributed by atoms with Crippen molar-refractivity contribution >= 4 is 15.9 Å². The maximum Gasteiger partial charge on any atom is 0.133 e. The summed E-state index contributed by atoms with van der Waals surface area (Å²) < 4.78 is 12.0. The number of hydrogen-bond acceptors (Lipinski definition) is 4. The van der Waals surface area contributed by atoms with Gasteiger partial charge in [-0.15, -0.1) is 0 Å². The standard InChI is InChI=1S/C16H26BrNO3/c1-12(2)10-20-7-6-18-9-14(19)11-21-16-5-4-13(3)8-15(16)17/h4-5,8,12,14,18-19H,6-7,9-11H2,1-3H3. The largest absolute Gasteiger partial charge is 0.490 e. The number of aryl methyl sites for hydroxylation is 1. The third-order valence-corrected chi connectivity index (χ3v) is 3.39. The lowest BCUT2D eigenvalue weighted by Gasteiger charge is -2.14. The van der Waals surface area contributed by atoms with Crippen LogP contribution in [0, 0.1) is 12.8 Å². The van der Waals surface area contributed by atoms with Crippen molar-refractivity contribution in [2.24, 2.45) is 5.92 Å². The van der Waals surface area contributed by atoms with Crippen molar-refractivity contribution in [3.8, 4) is 5.75 Å². The lowest BCUT2D eigenvalue weighted by atomic mass is 10.2. The van der Waals surface area contributed by atoms with Crippen LogP contribution in [0.3, 0.4) is 0 Å². The van der Waals surface area contributed by atoms with E-state index in [9.17, 15) is 5.11 Å². The lowest BCUT2D eigenvalue weighted by Crippen LogP contribution is -2.33. The van der Waals surface area contributed by atoms with Gasteiger partial charge in [0, 0.05) is 19.7 Å². The zero-order chi connectivity index (χ0) is 15.7. The van der Waals surface area contributed by atoms with E-state index < -0.39 is 6.10 Å². The van der Waals surface area contributed by atoms with Crippen LogP contribution in [0.2, 0.25) is 0 Å². The van der Waals surface area contributed by atoms with Crippen LogP contribution >= 0.6 is 15.9 Å². The molecule has 0 aromatic heterocycles. The second-order valence-electron chi connectivity index (χ2n) is 5.57. The Bertz CT molecular complexity index is 413. The van der Waals surface area contributed by atoms with Gasteiger partial charge in [0.15, 0.2) is 0 Å². The van der Waals surface area contributed by atoms with Crippen molar-refractivity contribution in [3.05, 3.63) is 28.2 Å². The number of aliphatic hydroxyl groups excluding tert-OH is 1. The van der Waals surface area contributed by atoms with Crippen LogP contribution in [0.1, 0.15) is 19.4 Å². The summed E-state index contributed by atoms with van der Waals surface area (Å²) >= 11 is 3.45. The fourth-order valence-electron chi connectivity index (χ4n) is 1.70. The minimum absolute atomic E-state index is 0.265. The van der Waals surface area contributed by atoms with E-state index in [2.05, 4.69) is 35.1 Å². The number of aliphatic hydroxyl groups is 1. The number of halogens is 1. The molecule has 4 nitrogen and oxygen atoms in total. The maximum absolute atomic E-state index is 9.86. The van der Waals surface area contributed by atoms with E-state index in [-0.39, 0.29) is 6.61 Å². The summed E-state index contributed by atoms with van der Waals surface area (Å²) in [5.74, 6) is 1.30. The first-order valence-electron chi connectivity index (χ1n) is 7.34. The molecule has 0 aliphatic carbocycles. The second kappa shape index (κ2) is 10.2. The van der Waals surface area contributed by atoms with Crippen molar-refractivity contribution in [1.82, 2.24) is 5.32 Å². The second-order valence-corrected chi connectivity index (χ2v) is 6.43. The molecule has 0 aliphatic heterocycles. The zero-order valence-corrected chi connectivity index (χ0v) is 14.6. The molecule has 120 valence electrons. The summed E-state index contributed by atoms with van der Waals surface area (Å²) in [6.45, 7) is 9.20. The van der Waals surface area contributed by atoms with Gasteiger partial charge in [-0.3, -0.25) is 0 Å². The van der Waals surface area contributed by atoms with Gasteiger partial charge in [-0.1, -0.05) is 19.9 Å². The van der Waals surface area contributed by atoms with Gasteiger partial charge in [0.2, 0.25) is 0 Å². The first-order valence-corrected chi connectivity index (χ1v) is 8.13. The highest BCUT2D eigenvalue weighted by atomic mass is 79.9. The van der Waals surface area contributed by atoms with Gasteiger partial charge in [0.25, 0.3) is 0 Å². The fourth-order valence-corrected chi connectivity index (χ4v) is 2.31. The molecule has 5 heteroatoms.